The van der Waals surface area contributed by atoms with Gasteiger partial charge in [-0.3, -0.25) is 4.90 Å². The van der Waals surface area contributed by atoms with Crippen molar-refractivity contribution in [3.8, 4) is 11.5 Å². The fourth-order valence-corrected chi connectivity index (χ4v) is 3.00. The zero-order valence-electron chi connectivity index (χ0n) is 12.3. The van der Waals surface area contributed by atoms with E-state index < -0.39 is 0 Å². The van der Waals surface area contributed by atoms with E-state index in [2.05, 4.69) is 32.6 Å². The summed E-state index contributed by atoms with van der Waals surface area (Å²) >= 11 is 0. The van der Waals surface area contributed by atoms with Gasteiger partial charge in [-0.25, -0.2) is 0 Å². The number of nitrogens with zero attached hydrogens (tertiary/aromatic N) is 1. The minimum absolute atomic E-state index is 0.0496. The third-order valence-electron chi connectivity index (χ3n) is 4.47. The molecule has 1 fully saturated rings. The van der Waals surface area contributed by atoms with Crippen LogP contribution in [-0.4, -0.2) is 28.2 Å². The van der Waals surface area contributed by atoms with Gasteiger partial charge in [0.15, 0.2) is 0 Å². The standard InChI is InChI=1S/C16H25NO2/c1-11(15-13(18)6-5-7-14(15)19)17-9-8-12(10-17)16(2,3)4/h5-7,11-12,18-19H,8-10H2,1-4H3. The molecule has 1 heterocycles. The topological polar surface area (TPSA) is 43.7 Å². The van der Waals surface area contributed by atoms with Gasteiger partial charge in [-0.15, -0.1) is 0 Å². The quantitative estimate of drug-likeness (QED) is 0.858. The van der Waals surface area contributed by atoms with E-state index in [4.69, 9.17) is 0 Å². The van der Waals surface area contributed by atoms with Gasteiger partial charge in [0, 0.05) is 12.6 Å². The van der Waals surface area contributed by atoms with Gasteiger partial charge in [0.25, 0.3) is 0 Å². The smallest absolute Gasteiger partial charge is 0.124 e. The molecule has 2 unspecified atom stereocenters. The van der Waals surface area contributed by atoms with Crippen LogP contribution >= 0.6 is 0 Å². The van der Waals surface area contributed by atoms with Crippen LogP contribution in [0.3, 0.4) is 0 Å². The average Bonchev–Trinajstić information content (AvgIpc) is 2.77. The highest BCUT2D eigenvalue weighted by Crippen LogP contribution is 2.41. The Bertz CT molecular complexity index is 430. The van der Waals surface area contributed by atoms with Crippen LogP contribution in [0.25, 0.3) is 0 Å². The first-order valence-electron chi connectivity index (χ1n) is 7.05. The molecule has 2 N–H and O–H groups in total. The van der Waals surface area contributed by atoms with Gasteiger partial charge in [-0.1, -0.05) is 26.8 Å². The molecular weight excluding hydrogens is 238 g/mol. The first-order valence-corrected chi connectivity index (χ1v) is 7.05. The molecule has 0 saturated carbocycles. The van der Waals surface area contributed by atoms with E-state index in [0.717, 1.165) is 13.1 Å². The summed E-state index contributed by atoms with van der Waals surface area (Å²) in [5.41, 5.74) is 0.965. The molecule has 1 aromatic rings. The van der Waals surface area contributed by atoms with Crippen molar-refractivity contribution in [3.63, 3.8) is 0 Å². The molecule has 0 spiro atoms. The molecule has 2 atom stereocenters. The molecule has 0 amide bonds. The normalized spacial score (nSPS) is 22.6. The van der Waals surface area contributed by atoms with Crippen molar-refractivity contribution in [1.29, 1.82) is 0 Å². The van der Waals surface area contributed by atoms with Gasteiger partial charge in [0.1, 0.15) is 11.5 Å². The molecule has 3 heteroatoms. The summed E-state index contributed by atoms with van der Waals surface area (Å²) in [6.07, 6.45) is 1.18. The molecule has 0 radical (unpaired) electrons. The molecular formula is C16H25NO2. The van der Waals surface area contributed by atoms with E-state index in [-0.39, 0.29) is 17.5 Å². The molecule has 106 valence electrons. The molecule has 0 aromatic heterocycles. The van der Waals surface area contributed by atoms with Crippen LogP contribution in [0, 0.1) is 11.3 Å². The summed E-state index contributed by atoms with van der Waals surface area (Å²) in [4.78, 5) is 2.35. The number of phenols is 2. The Morgan fingerprint density at radius 3 is 2.26 bits per heavy atom. The second-order valence-electron chi connectivity index (χ2n) is 6.73. The van der Waals surface area contributed by atoms with Crippen LogP contribution in [-0.2, 0) is 0 Å². The number of aromatic hydroxyl groups is 2. The first kappa shape index (κ1) is 14.2. The van der Waals surface area contributed by atoms with Gasteiger partial charge in [-0.2, -0.15) is 0 Å². The van der Waals surface area contributed by atoms with E-state index in [1.807, 2.05) is 0 Å². The first-order chi connectivity index (χ1) is 8.80. The van der Waals surface area contributed by atoms with Crippen LogP contribution in [0.2, 0.25) is 0 Å². The summed E-state index contributed by atoms with van der Waals surface area (Å²) in [7, 11) is 0. The van der Waals surface area contributed by atoms with Crippen LogP contribution in [0.4, 0.5) is 0 Å². The lowest BCUT2D eigenvalue weighted by Crippen LogP contribution is -2.28. The lowest BCUT2D eigenvalue weighted by Gasteiger charge is -2.29. The minimum atomic E-state index is 0.0496. The molecule has 3 nitrogen and oxygen atoms in total. The van der Waals surface area contributed by atoms with Crippen LogP contribution in [0.15, 0.2) is 18.2 Å². The molecule has 1 aliphatic rings. The van der Waals surface area contributed by atoms with Crippen molar-refractivity contribution in [2.75, 3.05) is 13.1 Å². The molecule has 0 aliphatic carbocycles. The van der Waals surface area contributed by atoms with Crippen molar-refractivity contribution < 1.29 is 10.2 Å². The summed E-state index contributed by atoms with van der Waals surface area (Å²) in [6, 6.07) is 5.00. The zero-order chi connectivity index (χ0) is 14.2. The molecule has 1 aromatic carbocycles. The Labute approximate surface area is 115 Å². The van der Waals surface area contributed by atoms with Crippen LogP contribution in [0.5, 0.6) is 11.5 Å². The third kappa shape index (κ3) is 2.86. The number of hydrogen-bond donors (Lipinski definition) is 2. The Morgan fingerprint density at radius 1 is 1.21 bits per heavy atom. The highest BCUT2D eigenvalue weighted by molar-refractivity contribution is 5.45. The van der Waals surface area contributed by atoms with Gasteiger partial charge >= 0.3 is 0 Å². The zero-order valence-corrected chi connectivity index (χ0v) is 12.3. The van der Waals surface area contributed by atoms with Gasteiger partial charge in [0.2, 0.25) is 0 Å². The summed E-state index contributed by atoms with van der Waals surface area (Å²) in [5, 5.41) is 19.9. The Kier molecular flexibility index (Phi) is 3.77. The predicted molar refractivity (Wildman–Crippen MR) is 77.3 cm³/mol. The fourth-order valence-electron chi connectivity index (χ4n) is 3.00. The van der Waals surface area contributed by atoms with E-state index >= 15 is 0 Å². The van der Waals surface area contributed by atoms with Crippen molar-refractivity contribution >= 4 is 0 Å². The van der Waals surface area contributed by atoms with Gasteiger partial charge in [-0.05, 0) is 43.4 Å². The highest BCUT2D eigenvalue weighted by Gasteiger charge is 2.34. The molecule has 1 saturated heterocycles. The van der Waals surface area contributed by atoms with Gasteiger partial charge in [0.05, 0.1) is 5.56 Å². The summed E-state index contributed by atoms with van der Waals surface area (Å²) in [5.74, 6) is 1.04. The monoisotopic (exact) mass is 263 g/mol. The number of phenolic OH excluding ortho intramolecular Hbond substituents is 2. The van der Waals surface area contributed by atoms with E-state index in [1.54, 1.807) is 18.2 Å². The summed E-state index contributed by atoms with van der Waals surface area (Å²) in [6.45, 7) is 10.9. The number of benzene rings is 1. The maximum atomic E-state index is 9.96. The maximum absolute atomic E-state index is 9.96. The average molecular weight is 263 g/mol. The Hall–Kier alpha value is -1.22. The fraction of sp³-hybridized carbons (Fsp3) is 0.625. The van der Waals surface area contributed by atoms with Crippen molar-refractivity contribution in [1.82, 2.24) is 4.90 Å². The number of rotatable bonds is 2. The Balaban J connectivity index is 2.16. The van der Waals surface area contributed by atoms with Crippen molar-refractivity contribution in [2.45, 2.75) is 40.2 Å². The van der Waals surface area contributed by atoms with Gasteiger partial charge < -0.3 is 10.2 Å². The van der Waals surface area contributed by atoms with Crippen LogP contribution < -0.4 is 0 Å². The molecule has 19 heavy (non-hydrogen) atoms. The lowest BCUT2D eigenvalue weighted by molar-refractivity contribution is 0.199. The van der Waals surface area contributed by atoms with Crippen LogP contribution in [0.1, 0.15) is 45.7 Å². The Morgan fingerprint density at radius 2 is 1.79 bits per heavy atom. The highest BCUT2D eigenvalue weighted by atomic mass is 16.3. The van der Waals surface area contributed by atoms with E-state index in [0.29, 0.717) is 16.9 Å². The predicted octanol–water partition coefficient (Wildman–Crippen LogP) is 3.53. The minimum Gasteiger partial charge on any atom is -0.507 e. The van der Waals surface area contributed by atoms with Crippen molar-refractivity contribution in [3.05, 3.63) is 23.8 Å². The number of likely N-dealkylation sites (tertiary alicyclic amines) is 1. The van der Waals surface area contributed by atoms with Crippen molar-refractivity contribution in [2.24, 2.45) is 11.3 Å². The molecule has 1 aliphatic heterocycles. The molecule has 2 rings (SSSR count). The second-order valence-corrected chi connectivity index (χ2v) is 6.73. The van der Waals surface area contributed by atoms with E-state index in [9.17, 15) is 10.2 Å². The molecule has 0 bridgehead atoms. The lowest BCUT2D eigenvalue weighted by atomic mass is 9.80. The summed E-state index contributed by atoms with van der Waals surface area (Å²) < 4.78 is 0. The largest absolute Gasteiger partial charge is 0.507 e. The second kappa shape index (κ2) is 5.04. The number of hydrogen-bond acceptors (Lipinski definition) is 3. The maximum Gasteiger partial charge on any atom is 0.124 e. The van der Waals surface area contributed by atoms with E-state index in [1.165, 1.54) is 6.42 Å². The third-order valence-corrected chi connectivity index (χ3v) is 4.47. The SMILES string of the molecule is CC(c1c(O)cccc1O)N1CCC(C(C)(C)C)C1.